The Hall–Kier alpha value is -2.96. The predicted molar refractivity (Wildman–Crippen MR) is 131 cm³/mol. The molecule has 0 fully saturated rings. The lowest BCUT2D eigenvalue weighted by molar-refractivity contribution is 0.0980. The summed E-state index contributed by atoms with van der Waals surface area (Å²) in [6.45, 7) is 8.13. The summed E-state index contributed by atoms with van der Waals surface area (Å²) in [6.07, 6.45) is -0.185. The molecule has 1 N–H and O–H groups in total. The van der Waals surface area contributed by atoms with Gasteiger partial charge in [0.25, 0.3) is 0 Å². The number of rotatable bonds is 10. The number of hydrogen-bond donors (Lipinski definition) is 1. The fraction of sp³-hybridized carbons (Fsp3) is 0.296. The van der Waals surface area contributed by atoms with Gasteiger partial charge >= 0.3 is 0 Å². The monoisotopic (exact) mass is 465 g/mol. The third kappa shape index (κ3) is 5.89. The minimum Gasteiger partial charge on any atom is -0.508 e. The Morgan fingerprint density at radius 2 is 1.58 bits per heavy atom. The van der Waals surface area contributed by atoms with E-state index in [2.05, 4.69) is 4.90 Å². The maximum Gasteiger partial charge on any atom is 0.185 e. The van der Waals surface area contributed by atoms with Gasteiger partial charge in [-0.1, -0.05) is 61.9 Å². The van der Waals surface area contributed by atoms with Crippen LogP contribution in [0.25, 0.3) is 0 Å². The Morgan fingerprint density at radius 3 is 2.18 bits per heavy atom. The summed E-state index contributed by atoms with van der Waals surface area (Å²) < 4.78 is 27.1. The third-order valence-electron chi connectivity index (χ3n) is 5.96. The molecule has 0 aliphatic rings. The van der Waals surface area contributed by atoms with E-state index >= 15 is 0 Å². The number of aromatic hydroxyl groups is 1. The van der Waals surface area contributed by atoms with Crippen molar-refractivity contribution < 1.29 is 18.3 Å². The van der Waals surface area contributed by atoms with Crippen LogP contribution in [0.4, 0.5) is 0 Å². The molecule has 0 amide bonds. The molecular weight excluding hydrogens is 434 g/mol. The highest BCUT2D eigenvalue weighted by Gasteiger charge is 2.31. The molecule has 0 aliphatic carbocycles. The van der Waals surface area contributed by atoms with Gasteiger partial charge in [0, 0.05) is 24.1 Å². The van der Waals surface area contributed by atoms with E-state index in [9.17, 15) is 18.3 Å². The van der Waals surface area contributed by atoms with Gasteiger partial charge in [0.15, 0.2) is 15.6 Å². The van der Waals surface area contributed by atoms with E-state index in [1.807, 2.05) is 26.8 Å². The van der Waals surface area contributed by atoms with Gasteiger partial charge in [0.1, 0.15) is 5.75 Å². The molecule has 3 aromatic carbocycles. The summed E-state index contributed by atoms with van der Waals surface area (Å²) in [7, 11) is -3.80. The highest BCUT2D eigenvalue weighted by atomic mass is 32.2. The largest absolute Gasteiger partial charge is 0.508 e. The second-order valence-electron chi connectivity index (χ2n) is 8.19. The summed E-state index contributed by atoms with van der Waals surface area (Å²) >= 11 is 0. The van der Waals surface area contributed by atoms with E-state index in [4.69, 9.17) is 0 Å². The zero-order chi connectivity index (χ0) is 24.0. The van der Waals surface area contributed by atoms with Gasteiger partial charge in [-0.2, -0.15) is 0 Å². The topological polar surface area (TPSA) is 74.7 Å². The van der Waals surface area contributed by atoms with E-state index in [0.717, 1.165) is 18.7 Å². The molecule has 0 aromatic heterocycles. The molecule has 3 aromatic rings. The summed E-state index contributed by atoms with van der Waals surface area (Å²) in [5.41, 5.74) is 2.59. The molecule has 0 bridgehead atoms. The molecule has 33 heavy (non-hydrogen) atoms. The zero-order valence-electron chi connectivity index (χ0n) is 19.4. The van der Waals surface area contributed by atoms with Crippen LogP contribution in [-0.2, 0) is 16.4 Å². The fourth-order valence-electron chi connectivity index (χ4n) is 3.83. The number of phenolic OH excluding ortho intramolecular Hbond substituents is 1. The average molecular weight is 466 g/mol. The molecule has 1 atom stereocenters. The molecule has 174 valence electrons. The van der Waals surface area contributed by atoms with Crippen LogP contribution in [0.3, 0.4) is 0 Å². The van der Waals surface area contributed by atoms with E-state index in [-0.39, 0.29) is 22.8 Å². The van der Waals surface area contributed by atoms with Gasteiger partial charge in [-0.3, -0.25) is 9.69 Å². The summed E-state index contributed by atoms with van der Waals surface area (Å²) in [5, 5.41) is 9.28. The SMILES string of the molecule is CCN(CC)Cc1cc(C(=O)C[C@@H](c2ccccc2)S(=O)(=O)c2ccc(C)cc2)ccc1O. The lowest BCUT2D eigenvalue weighted by Crippen LogP contribution is -2.22. The minimum absolute atomic E-state index is 0.130. The van der Waals surface area contributed by atoms with Crippen molar-refractivity contribution in [1.29, 1.82) is 0 Å². The molecule has 3 rings (SSSR count). The van der Waals surface area contributed by atoms with Crippen molar-refractivity contribution in [2.45, 2.75) is 43.9 Å². The maximum atomic E-state index is 13.6. The maximum absolute atomic E-state index is 13.6. The first kappa shape index (κ1) is 24.7. The van der Waals surface area contributed by atoms with Crippen molar-refractivity contribution in [2.24, 2.45) is 0 Å². The van der Waals surface area contributed by atoms with Crippen molar-refractivity contribution in [3.63, 3.8) is 0 Å². The molecule has 0 unspecified atom stereocenters. The van der Waals surface area contributed by atoms with Crippen LogP contribution in [0, 0.1) is 6.92 Å². The molecule has 0 saturated heterocycles. The van der Waals surface area contributed by atoms with Crippen molar-refractivity contribution >= 4 is 15.6 Å². The molecular formula is C27H31NO4S. The highest BCUT2D eigenvalue weighted by Crippen LogP contribution is 2.33. The van der Waals surface area contributed by atoms with Crippen LogP contribution in [0.2, 0.25) is 0 Å². The highest BCUT2D eigenvalue weighted by molar-refractivity contribution is 7.91. The van der Waals surface area contributed by atoms with Crippen LogP contribution in [0.1, 0.15) is 52.6 Å². The Kier molecular flexibility index (Phi) is 8.06. The standard InChI is InChI=1S/C27H31NO4S/c1-4-28(5-2)19-23-17-22(13-16-25(23)29)26(30)18-27(21-9-7-6-8-10-21)33(31,32)24-14-11-20(3)12-15-24/h6-17,27,29H,4-5,18-19H2,1-3H3/t27-/m0/s1. The van der Waals surface area contributed by atoms with Crippen LogP contribution in [0.5, 0.6) is 5.75 Å². The lowest BCUT2D eigenvalue weighted by atomic mass is 10.00. The van der Waals surface area contributed by atoms with Gasteiger partial charge < -0.3 is 5.11 Å². The third-order valence-corrected chi connectivity index (χ3v) is 8.07. The molecule has 0 saturated carbocycles. The summed E-state index contributed by atoms with van der Waals surface area (Å²) in [4.78, 5) is 15.6. The molecule has 0 spiro atoms. The van der Waals surface area contributed by atoms with Crippen molar-refractivity contribution in [1.82, 2.24) is 4.90 Å². The Bertz CT molecular complexity index is 1180. The fourth-order valence-corrected chi connectivity index (χ4v) is 5.56. The first-order valence-corrected chi connectivity index (χ1v) is 12.7. The number of aryl methyl sites for hydroxylation is 1. The molecule has 6 heteroatoms. The molecule has 5 nitrogen and oxygen atoms in total. The van der Waals surface area contributed by atoms with Crippen LogP contribution in [0.15, 0.2) is 77.7 Å². The van der Waals surface area contributed by atoms with Gasteiger partial charge in [-0.25, -0.2) is 8.42 Å². The number of nitrogens with zero attached hydrogens (tertiary/aromatic N) is 1. The van der Waals surface area contributed by atoms with Gasteiger partial charge in [-0.05, 0) is 55.9 Å². The minimum atomic E-state index is -3.80. The molecule has 0 heterocycles. The average Bonchev–Trinajstić information content (AvgIpc) is 2.82. The zero-order valence-corrected chi connectivity index (χ0v) is 20.2. The predicted octanol–water partition coefficient (Wildman–Crippen LogP) is 5.33. The Morgan fingerprint density at radius 1 is 0.939 bits per heavy atom. The van der Waals surface area contributed by atoms with E-state index < -0.39 is 15.1 Å². The number of Topliss-reactive ketones (excluding diaryl/α,β-unsaturated/α-hetero) is 1. The van der Waals surface area contributed by atoms with E-state index in [1.54, 1.807) is 60.7 Å². The first-order chi connectivity index (χ1) is 15.8. The number of carbonyl (C=O) groups excluding carboxylic acids is 1. The quantitative estimate of drug-likeness (QED) is 0.410. The van der Waals surface area contributed by atoms with Crippen LogP contribution >= 0.6 is 0 Å². The van der Waals surface area contributed by atoms with Gasteiger partial charge in [-0.15, -0.1) is 0 Å². The van der Waals surface area contributed by atoms with Gasteiger partial charge in [0.05, 0.1) is 10.1 Å². The second-order valence-corrected chi connectivity index (χ2v) is 10.3. The first-order valence-electron chi connectivity index (χ1n) is 11.2. The van der Waals surface area contributed by atoms with Crippen molar-refractivity contribution in [2.75, 3.05) is 13.1 Å². The summed E-state index contributed by atoms with van der Waals surface area (Å²) in [5.74, 6) is -0.148. The van der Waals surface area contributed by atoms with Crippen molar-refractivity contribution in [3.8, 4) is 5.75 Å². The van der Waals surface area contributed by atoms with Crippen LogP contribution < -0.4 is 0 Å². The summed E-state index contributed by atoms with van der Waals surface area (Å²) in [6, 6.07) is 20.3. The molecule has 0 radical (unpaired) electrons. The number of ketones is 1. The molecule has 0 aliphatic heterocycles. The number of carbonyl (C=O) groups is 1. The normalized spacial score (nSPS) is 12.6. The van der Waals surface area contributed by atoms with Crippen molar-refractivity contribution in [3.05, 3.63) is 95.1 Å². The number of benzene rings is 3. The van der Waals surface area contributed by atoms with Crippen LogP contribution in [-0.4, -0.2) is 37.3 Å². The lowest BCUT2D eigenvalue weighted by Gasteiger charge is -2.20. The number of sulfone groups is 1. The smallest absolute Gasteiger partial charge is 0.185 e. The number of hydrogen-bond acceptors (Lipinski definition) is 5. The van der Waals surface area contributed by atoms with Gasteiger partial charge in [0.2, 0.25) is 0 Å². The number of phenols is 1. The Labute approximate surface area is 196 Å². The Balaban J connectivity index is 1.96. The second kappa shape index (κ2) is 10.8. The van der Waals surface area contributed by atoms with E-state index in [0.29, 0.717) is 23.2 Å². The van der Waals surface area contributed by atoms with E-state index in [1.165, 1.54) is 6.07 Å².